The first-order chi connectivity index (χ1) is 13.1. The standard InChI is InChI=1S/C19H19N3O5/c1-3-19(24)27-14(11-25-2)12-26-13-8-9-17(18(23)10-13)22-20-15-6-4-5-7-16(15)21-22/h3-10,14,23H,1,11-12H2,2H3. The van der Waals surface area contributed by atoms with Gasteiger partial charge in [-0.1, -0.05) is 18.7 Å². The SMILES string of the molecule is C=CC(=O)OC(COC)COc1ccc(-n2nc3ccccc3n2)c(O)c1. The molecule has 0 radical (unpaired) electrons. The van der Waals surface area contributed by atoms with Gasteiger partial charge in [0.2, 0.25) is 0 Å². The number of phenols is 1. The summed E-state index contributed by atoms with van der Waals surface area (Å²) in [5.74, 6) is -0.196. The van der Waals surface area contributed by atoms with Crippen LogP contribution in [-0.4, -0.2) is 52.5 Å². The molecule has 0 fully saturated rings. The van der Waals surface area contributed by atoms with Gasteiger partial charge in [-0.05, 0) is 24.3 Å². The van der Waals surface area contributed by atoms with Crippen LogP contribution in [0.4, 0.5) is 0 Å². The number of ether oxygens (including phenoxy) is 3. The Kier molecular flexibility index (Phi) is 5.68. The predicted octanol–water partition coefficient (Wildman–Crippen LogP) is 2.25. The lowest BCUT2D eigenvalue weighted by atomic mass is 10.3. The first-order valence-electron chi connectivity index (χ1n) is 8.21. The Bertz CT molecular complexity index is 920. The molecule has 0 spiro atoms. The minimum absolute atomic E-state index is 0.0424. The van der Waals surface area contributed by atoms with Gasteiger partial charge < -0.3 is 19.3 Å². The van der Waals surface area contributed by atoms with Crippen LogP contribution >= 0.6 is 0 Å². The molecule has 140 valence electrons. The fraction of sp³-hybridized carbons (Fsp3) is 0.211. The van der Waals surface area contributed by atoms with Crippen molar-refractivity contribution in [1.82, 2.24) is 15.0 Å². The van der Waals surface area contributed by atoms with E-state index < -0.39 is 12.1 Å². The summed E-state index contributed by atoms with van der Waals surface area (Å²) < 4.78 is 15.7. The second kappa shape index (κ2) is 8.33. The molecule has 0 saturated carbocycles. The molecule has 0 saturated heterocycles. The van der Waals surface area contributed by atoms with Crippen LogP contribution in [0.2, 0.25) is 0 Å². The average Bonchev–Trinajstić information content (AvgIpc) is 3.10. The van der Waals surface area contributed by atoms with Crippen LogP contribution in [0.15, 0.2) is 55.1 Å². The first-order valence-corrected chi connectivity index (χ1v) is 8.21. The quantitative estimate of drug-likeness (QED) is 0.480. The third-order valence-electron chi connectivity index (χ3n) is 3.69. The molecule has 1 heterocycles. The summed E-state index contributed by atoms with van der Waals surface area (Å²) in [6.07, 6.45) is 0.477. The number of phenolic OH excluding ortho intramolecular Hbond substituents is 1. The number of methoxy groups -OCH3 is 1. The highest BCUT2D eigenvalue weighted by Crippen LogP contribution is 2.27. The topological polar surface area (TPSA) is 95.7 Å². The van der Waals surface area contributed by atoms with Crippen LogP contribution in [0.5, 0.6) is 11.5 Å². The van der Waals surface area contributed by atoms with E-state index in [1.807, 2.05) is 24.3 Å². The Hall–Kier alpha value is -3.39. The van der Waals surface area contributed by atoms with Gasteiger partial charge in [0.05, 0.1) is 6.61 Å². The van der Waals surface area contributed by atoms with Crippen molar-refractivity contribution in [2.75, 3.05) is 20.3 Å². The molecule has 1 aromatic heterocycles. The third kappa shape index (κ3) is 4.42. The molecule has 3 rings (SSSR count). The predicted molar refractivity (Wildman–Crippen MR) is 98.0 cm³/mol. The van der Waals surface area contributed by atoms with E-state index >= 15 is 0 Å². The molecule has 8 nitrogen and oxygen atoms in total. The first kappa shape index (κ1) is 18.4. The zero-order chi connectivity index (χ0) is 19.2. The van der Waals surface area contributed by atoms with Crippen molar-refractivity contribution in [3.63, 3.8) is 0 Å². The minimum atomic E-state index is -0.597. The number of aromatic hydroxyl groups is 1. The Labute approximate surface area is 155 Å². The van der Waals surface area contributed by atoms with Gasteiger partial charge >= 0.3 is 5.97 Å². The maximum absolute atomic E-state index is 11.3. The number of benzene rings is 2. The Balaban J connectivity index is 1.72. The van der Waals surface area contributed by atoms with Gasteiger partial charge in [-0.2, -0.15) is 0 Å². The number of rotatable bonds is 8. The van der Waals surface area contributed by atoms with Crippen molar-refractivity contribution in [2.24, 2.45) is 0 Å². The van der Waals surface area contributed by atoms with E-state index in [4.69, 9.17) is 14.2 Å². The molecule has 1 unspecified atom stereocenters. The van der Waals surface area contributed by atoms with E-state index in [-0.39, 0.29) is 19.0 Å². The van der Waals surface area contributed by atoms with E-state index in [0.717, 1.165) is 17.1 Å². The number of aromatic nitrogens is 3. The summed E-state index contributed by atoms with van der Waals surface area (Å²) in [5, 5.41) is 19.0. The number of carbonyl (C=O) groups is 1. The summed E-state index contributed by atoms with van der Waals surface area (Å²) >= 11 is 0. The summed E-state index contributed by atoms with van der Waals surface area (Å²) in [5.41, 5.74) is 1.87. The molecule has 1 atom stereocenters. The van der Waals surface area contributed by atoms with E-state index in [0.29, 0.717) is 11.4 Å². The monoisotopic (exact) mass is 369 g/mol. The highest BCUT2D eigenvalue weighted by atomic mass is 16.6. The number of carbonyl (C=O) groups excluding carboxylic acids is 1. The molecule has 0 aliphatic rings. The van der Waals surface area contributed by atoms with Gasteiger partial charge in [-0.25, -0.2) is 4.79 Å². The lowest BCUT2D eigenvalue weighted by Gasteiger charge is -2.17. The lowest BCUT2D eigenvalue weighted by Crippen LogP contribution is -2.28. The summed E-state index contributed by atoms with van der Waals surface area (Å²) in [4.78, 5) is 12.7. The second-order valence-electron chi connectivity index (χ2n) is 5.66. The summed E-state index contributed by atoms with van der Waals surface area (Å²) in [6, 6.07) is 12.2. The van der Waals surface area contributed by atoms with Crippen LogP contribution in [0, 0.1) is 0 Å². The molecule has 0 aliphatic carbocycles. The van der Waals surface area contributed by atoms with Gasteiger partial charge in [0, 0.05) is 19.3 Å². The van der Waals surface area contributed by atoms with Crippen molar-refractivity contribution in [2.45, 2.75) is 6.10 Å². The van der Waals surface area contributed by atoms with E-state index in [2.05, 4.69) is 16.8 Å². The minimum Gasteiger partial charge on any atom is -0.505 e. The lowest BCUT2D eigenvalue weighted by molar-refractivity contribution is -0.147. The molecule has 2 aromatic carbocycles. The maximum atomic E-state index is 11.3. The third-order valence-corrected chi connectivity index (χ3v) is 3.69. The summed E-state index contributed by atoms with van der Waals surface area (Å²) in [6.45, 7) is 3.59. The van der Waals surface area contributed by atoms with E-state index in [1.54, 1.807) is 12.1 Å². The Morgan fingerprint density at radius 1 is 1.22 bits per heavy atom. The normalized spacial score (nSPS) is 11.9. The molecule has 1 N–H and O–H groups in total. The molecular formula is C19H19N3O5. The van der Waals surface area contributed by atoms with Crippen LogP contribution in [-0.2, 0) is 14.3 Å². The number of hydrogen-bond donors (Lipinski definition) is 1. The number of esters is 1. The highest BCUT2D eigenvalue weighted by Gasteiger charge is 2.15. The van der Waals surface area contributed by atoms with Crippen molar-refractivity contribution >= 4 is 17.0 Å². The molecule has 0 amide bonds. The maximum Gasteiger partial charge on any atom is 0.330 e. The number of nitrogens with zero attached hydrogens (tertiary/aromatic N) is 3. The molecule has 27 heavy (non-hydrogen) atoms. The second-order valence-corrected chi connectivity index (χ2v) is 5.66. The van der Waals surface area contributed by atoms with Gasteiger partial charge in [0.1, 0.15) is 34.8 Å². The largest absolute Gasteiger partial charge is 0.505 e. The zero-order valence-electron chi connectivity index (χ0n) is 14.7. The molecule has 0 bridgehead atoms. The van der Waals surface area contributed by atoms with Crippen molar-refractivity contribution in [1.29, 1.82) is 0 Å². The fourth-order valence-corrected chi connectivity index (χ4v) is 2.43. The number of hydrogen-bond acceptors (Lipinski definition) is 7. The fourth-order valence-electron chi connectivity index (χ4n) is 2.43. The van der Waals surface area contributed by atoms with Crippen molar-refractivity contribution in [3.05, 3.63) is 55.1 Å². The molecular weight excluding hydrogens is 350 g/mol. The highest BCUT2D eigenvalue weighted by molar-refractivity contribution is 5.81. The van der Waals surface area contributed by atoms with Crippen LogP contribution in [0.3, 0.4) is 0 Å². The smallest absolute Gasteiger partial charge is 0.330 e. The zero-order valence-corrected chi connectivity index (χ0v) is 14.7. The van der Waals surface area contributed by atoms with Gasteiger partial charge in [0.25, 0.3) is 0 Å². The Morgan fingerprint density at radius 3 is 2.52 bits per heavy atom. The Morgan fingerprint density at radius 2 is 1.93 bits per heavy atom. The van der Waals surface area contributed by atoms with Crippen LogP contribution < -0.4 is 4.74 Å². The van der Waals surface area contributed by atoms with Gasteiger partial charge in [-0.3, -0.25) is 0 Å². The molecule has 3 aromatic rings. The summed E-state index contributed by atoms with van der Waals surface area (Å²) in [7, 11) is 1.50. The van der Waals surface area contributed by atoms with Crippen LogP contribution in [0.25, 0.3) is 16.7 Å². The molecule has 8 heteroatoms. The van der Waals surface area contributed by atoms with Crippen molar-refractivity contribution in [3.8, 4) is 17.2 Å². The average molecular weight is 369 g/mol. The molecule has 0 aliphatic heterocycles. The van der Waals surface area contributed by atoms with Gasteiger partial charge in [-0.15, -0.1) is 15.0 Å². The van der Waals surface area contributed by atoms with E-state index in [1.165, 1.54) is 18.0 Å². The van der Waals surface area contributed by atoms with Crippen molar-refractivity contribution < 1.29 is 24.1 Å². The van der Waals surface area contributed by atoms with Crippen LogP contribution in [0.1, 0.15) is 0 Å². The van der Waals surface area contributed by atoms with E-state index in [9.17, 15) is 9.90 Å². The number of fused-ring (bicyclic) bond motifs is 1. The van der Waals surface area contributed by atoms with Gasteiger partial charge in [0.15, 0.2) is 6.10 Å².